The third-order valence-corrected chi connectivity index (χ3v) is 7.63. The smallest absolute Gasteiger partial charge is 0.332 e. The molecule has 1 fully saturated rings. The molecule has 0 bridgehead atoms. The fourth-order valence-corrected chi connectivity index (χ4v) is 5.37. The lowest BCUT2D eigenvalue weighted by Gasteiger charge is -2.37. The van der Waals surface area contributed by atoms with Crippen molar-refractivity contribution in [2.24, 2.45) is 7.05 Å². The molecule has 3 unspecified atom stereocenters. The summed E-state index contributed by atoms with van der Waals surface area (Å²) in [5, 5.41) is 11.0. The van der Waals surface area contributed by atoms with Crippen molar-refractivity contribution in [1.82, 2.24) is 9.13 Å². The standard InChI is InChI=1S/C32H34N2O7/c1-21-19-34(31(37)33(2)30(21)36)29-18-27(35)28(41-29)20-40-32(22-8-6-5-7-9-22,23-10-14-25(38-3)15-11-23)24-12-16-26(39-4)17-13-24/h5-17,19,27-29,35H,18,20H2,1-4H3. The Labute approximate surface area is 238 Å². The highest BCUT2D eigenvalue weighted by Gasteiger charge is 2.42. The Balaban J connectivity index is 1.54. The van der Waals surface area contributed by atoms with Gasteiger partial charge in [-0.3, -0.25) is 13.9 Å². The van der Waals surface area contributed by atoms with Crippen LogP contribution in [-0.4, -0.2) is 47.3 Å². The summed E-state index contributed by atoms with van der Waals surface area (Å²) in [6, 6.07) is 25.2. The lowest BCUT2D eigenvalue weighted by molar-refractivity contribution is -0.0946. The van der Waals surface area contributed by atoms with Gasteiger partial charge in [0, 0.05) is 25.2 Å². The zero-order chi connectivity index (χ0) is 29.1. The van der Waals surface area contributed by atoms with Crippen molar-refractivity contribution in [3.8, 4) is 11.5 Å². The molecule has 1 aliphatic rings. The summed E-state index contributed by atoms with van der Waals surface area (Å²) in [4.78, 5) is 25.0. The first-order chi connectivity index (χ1) is 19.8. The number of aromatic nitrogens is 2. The topological polar surface area (TPSA) is 101 Å². The van der Waals surface area contributed by atoms with E-state index in [1.54, 1.807) is 21.1 Å². The second kappa shape index (κ2) is 11.7. The fourth-order valence-electron chi connectivity index (χ4n) is 5.37. The molecule has 0 aliphatic carbocycles. The van der Waals surface area contributed by atoms with Crippen molar-refractivity contribution < 1.29 is 24.1 Å². The van der Waals surface area contributed by atoms with Gasteiger partial charge >= 0.3 is 5.69 Å². The summed E-state index contributed by atoms with van der Waals surface area (Å²) in [6.07, 6.45) is -0.721. The van der Waals surface area contributed by atoms with Crippen LogP contribution >= 0.6 is 0 Å². The van der Waals surface area contributed by atoms with Crippen LogP contribution in [0.4, 0.5) is 0 Å². The van der Waals surface area contributed by atoms with Crippen molar-refractivity contribution in [1.29, 1.82) is 0 Å². The van der Waals surface area contributed by atoms with Crippen LogP contribution in [0, 0.1) is 6.92 Å². The SMILES string of the molecule is COc1ccc(C(OCC2OC(n3cc(C)c(=O)n(C)c3=O)CC2O)(c2ccccc2)c2ccc(OC)cc2)cc1. The van der Waals surface area contributed by atoms with Gasteiger partial charge in [0.2, 0.25) is 0 Å². The van der Waals surface area contributed by atoms with E-state index in [9.17, 15) is 14.7 Å². The Hall–Kier alpha value is -4.18. The van der Waals surface area contributed by atoms with Crippen LogP contribution in [0.15, 0.2) is 94.6 Å². The van der Waals surface area contributed by atoms with Crippen LogP contribution < -0.4 is 20.7 Å². The Bertz CT molecular complexity index is 1550. The molecule has 0 saturated carbocycles. The molecule has 0 radical (unpaired) electrons. The molecule has 5 rings (SSSR count). The quantitative estimate of drug-likeness (QED) is 0.314. The van der Waals surface area contributed by atoms with Gasteiger partial charge in [0.25, 0.3) is 5.56 Å². The number of hydrogen-bond donors (Lipinski definition) is 1. The van der Waals surface area contributed by atoms with Gasteiger partial charge in [0.05, 0.1) is 26.9 Å². The van der Waals surface area contributed by atoms with Crippen LogP contribution in [0.5, 0.6) is 11.5 Å². The maximum absolute atomic E-state index is 12.8. The van der Waals surface area contributed by atoms with Crippen molar-refractivity contribution in [3.05, 3.63) is 128 Å². The van der Waals surface area contributed by atoms with Gasteiger partial charge in [0.1, 0.15) is 29.4 Å². The van der Waals surface area contributed by atoms with Crippen LogP contribution in [0.25, 0.3) is 0 Å². The second-order valence-corrected chi connectivity index (χ2v) is 10.1. The lowest BCUT2D eigenvalue weighted by Crippen LogP contribution is -2.40. The van der Waals surface area contributed by atoms with E-state index in [4.69, 9.17) is 18.9 Å². The van der Waals surface area contributed by atoms with Gasteiger partial charge in [-0.2, -0.15) is 0 Å². The van der Waals surface area contributed by atoms with E-state index >= 15 is 0 Å². The van der Waals surface area contributed by atoms with Crippen LogP contribution in [0.3, 0.4) is 0 Å². The minimum Gasteiger partial charge on any atom is -0.497 e. The number of ether oxygens (including phenoxy) is 4. The first-order valence-corrected chi connectivity index (χ1v) is 13.4. The molecule has 4 aromatic rings. The third kappa shape index (κ3) is 5.31. The zero-order valence-corrected chi connectivity index (χ0v) is 23.5. The van der Waals surface area contributed by atoms with Crippen LogP contribution in [0.2, 0.25) is 0 Å². The summed E-state index contributed by atoms with van der Waals surface area (Å²) in [5.41, 5.74) is 1.04. The van der Waals surface area contributed by atoms with E-state index in [0.29, 0.717) is 17.1 Å². The molecule has 9 nitrogen and oxygen atoms in total. The number of methoxy groups -OCH3 is 2. The summed E-state index contributed by atoms with van der Waals surface area (Å²) in [7, 11) is 4.66. The third-order valence-electron chi connectivity index (χ3n) is 7.63. The van der Waals surface area contributed by atoms with Crippen molar-refractivity contribution >= 4 is 0 Å². The molecule has 3 aromatic carbocycles. The molecule has 1 saturated heterocycles. The summed E-state index contributed by atoms with van der Waals surface area (Å²) >= 11 is 0. The van der Waals surface area contributed by atoms with E-state index in [-0.39, 0.29) is 18.6 Å². The van der Waals surface area contributed by atoms with E-state index < -0.39 is 29.7 Å². The normalized spacial score (nSPS) is 18.8. The van der Waals surface area contributed by atoms with E-state index in [0.717, 1.165) is 21.3 Å². The van der Waals surface area contributed by atoms with Crippen LogP contribution in [-0.2, 0) is 22.1 Å². The summed E-state index contributed by atoms with van der Waals surface area (Å²) < 4.78 is 26.3. The van der Waals surface area contributed by atoms with Gasteiger partial charge in [-0.1, -0.05) is 54.6 Å². The number of aliphatic hydroxyl groups excluding tert-OH is 1. The molecule has 9 heteroatoms. The first-order valence-electron chi connectivity index (χ1n) is 13.4. The number of aliphatic hydroxyl groups is 1. The molecule has 2 heterocycles. The Morgan fingerprint density at radius 1 is 0.878 bits per heavy atom. The van der Waals surface area contributed by atoms with E-state index in [2.05, 4.69) is 0 Å². The van der Waals surface area contributed by atoms with Crippen molar-refractivity contribution in [2.75, 3.05) is 20.8 Å². The summed E-state index contributed by atoms with van der Waals surface area (Å²) in [5.74, 6) is 1.42. The number of rotatable bonds is 9. The molecule has 0 amide bonds. The zero-order valence-electron chi connectivity index (χ0n) is 23.5. The van der Waals surface area contributed by atoms with E-state index in [1.807, 2.05) is 78.9 Å². The number of hydrogen-bond acceptors (Lipinski definition) is 7. The van der Waals surface area contributed by atoms with Crippen LogP contribution in [0.1, 0.15) is 34.9 Å². The minimum atomic E-state index is -1.08. The highest BCUT2D eigenvalue weighted by molar-refractivity contribution is 5.49. The minimum absolute atomic E-state index is 0.0180. The van der Waals surface area contributed by atoms with Crippen molar-refractivity contribution in [2.45, 2.75) is 37.4 Å². The largest absolute Gasteiger partial charge is 0.497 e. The monoisotopic (exact) mass is 558 g/mol. The highest BCUT2D eigenvalue weighted by Crippen LogP contribution is 2.42. The van der Waals surface area contributed by atoms with Gasteiger partial charge in [-0.25, -0.2) is 4.79 Å². The maximum atomic E-state index is 12.8. The molecular weight excluding hydrogens is 524 g/mol. The molecule has 0 spiro atoms. The predicted molar refractivity (Wildman–Crippen MR) is 153 cm³/mol. The van der Waals surface area contributed by atoms with Gasteiger partial charge in [-0.05, 0) is 47.9 Å². The molecule has 3 atom stereocenters. The molecule has 1 N–H and O–H groups in total. The number of aryl methyl sites for hydroxylation is 1. The van der Waals surface area contributed by atoms with Crippen molar-refractivity contribution in [3.63, 3.8) is 0 Å². The lowest BCUT2D eigenvalue weighted by atomic mass is 9.80. The van der Waals surface area contributed by atoms with Gasteiger partial charge in [0.15, 0.2) is 0 Å². The molecule has 1 aliphatic heterocycles. The predicted octanol–water partition coefficient (Wildman–Crippen LogP) is 3.53. The number of benzene rings is 3. The fraction of sp³-hybridized carbons (Fsp3) is 0.312. The molecule has 1 aromatic heterocycles. The Kier molecular flexibility index (Phi) is 8.12. The Morgan fingerprint density at radius 3 is 1.95 bits per heavy atom. The van der Waals surface area contributed by atoms with Gasteiger partial charge < -0.3 is 24.1 Å². The first kappa shape index (κ1) is 28.4. The highest BCUT2D eigenvalue weighted by atomic mass is 16.6. The Morgan fingerprint density at radius 2 is 1.41 bits per heavy atom. The molecule has 41 heavy (non-hydrogen) atoms. The number of nitrogens with zero attached hydrogens (tertiary/aromatic N) is 2. The van der Waals surface area contributed by atoms with Gasteiger partial charge in [-0.15, -0.1) is 0 Å². The second-order valence-electron chi connectivity index (χ2n) is 10.1. The average molecular weight is 559 g/mol. The summed E-state index contributed by atoms with van der Waals surface area (Å²) in [6.45, 7) is 1.66. The molecule has 214 valence electrons. The average Bonchev–Trinajstić information content (AvgIpc) is 3.39. The maximum Gasteiger partial charge on any atom is 0.332 e. The molecular formula is C32H34N2O7. The van der Waals surface area contributed by atoms with E-state index in [1.165, 1.54) is 17.8 Å².